The summed E-state index contributed by atoms with van der Waals surface area (Å²) >= 11 is 2.88. The third-order valence-electron chi connectivity index (χ3n) is 7.71. The van der Waals surface area contributed by atoms with E-state index in [2.05, 4.69) is 4.98 Å². The van der Waals surface area contributed by atoms with Gasteiger partial charge in [0, 0.05) is 17.2 Å². The number of hydrogen-bond donors (Lipinski definition) is 2. The maximum atomic E-state index is 13.1. The van der Waals surface area contributed by atoms with Gasteiger partial charge in [0.25, 0.3) is 0 Å². The molecule has 4 heterocycles. The van der Waals surface area contributed by atoms with Crippen molar-refractivity contribution in [2.45, 2.75) is 57.2 Å². The predicted molar refractivity (Wildman–Crippen MR) is 150 cm³/mol. The Morgan fingerprint density at radius 3 is 2.73 bits per heavy atom. The Bertz CT molecular complexity index is 1510. The topological polar surface area (TPSA) is 131 Å². The SMILES string of the molecule is CCCc1ccccc1OC(=O)OCC[C@@]1(C)C(c2cn3cnc(SC)c3s2)=C(C(=O)O)N2C(=O)[C@H](C(C)O)[C@@H]21. The number of thiazole rings is 1. The Balaban J connectivity index is 1.46. The lowest BCUT2D eigenvalue weighted by Gasteiger charge is -2.50. The Labute approximate surface area is 239 Å². The summed E-state index contributed by atoms with van der Waals surface area (Å²) in [6.45, 7) is 5.36. The smallest absolute Gasteiger partial charge is 0.477 e. The number of carbonyl (C=O) groups excluding carboxylic acids is 2. The Kier molecular flexibility index (Phi) is 7.68. The van der Waals surface area contributed by atoms with Crippen LogP contribution in [-0.2, 0) is 20.7 Å². The number of carboxylic acids is 1. The normalized spacial score (nSPS) is 22.8. The van der Waals surface area contributed by atoms with Crippen LogP contribution in [0.4, 0.5) is 4.79 Å². The number of ether oxygens (including phenoxy) is 2. The number of para-hydroxylation sites is 1. The van der Waals surface area contributed by atoms with Crippen LogP contribution in [-0.4, -0.2) is 67.5 Å². The van der Waals surface area contributed by atoms with Gasteiger partial charge in [0.05, 0.1) is 29.5 Å². The number of amides is 1. The van der Waals surface area contributed by atoms with Gasteiger partial charge in [-0.05, 0) is 37.7 Å². The number of aryl methyl sites for hydroxylation is 1. The van der Waals surface area contributed by atoms with E-state index in [4.69, 9.17) is 9.47 Å². The number of aliphatic carboxylic acids is 1. The number of aliphatic hydroxyl groups excluding tert-OH is 1. The molecule has 1 amide bonds. The fourth-order valence-electron chi connectivity index (χ4n) is 5.91. The molecule has 2 aromatic heterocycles. The number of carbonyl (C=O) groups is 3. The fourth-order valence-corrected chi connectivity index (χ4v) is 7.87. The highest BCUT2D eigenvalue weighted by Crippen LogP contribution is 2.60. The van der Waals surface area contributed by atoms with Crippen molar-refractivity contribution in [3.8, 4) is 5.75 Å². The average molecular weight is 586 g/mol. The van der Waals surface area contributed by atoms with Crippen molar-refractivity contribution in [3.05, 3.63) is 52.9 Å². The van der Waals surface area contributed by atoms with E-state index < -0.39 is 41.5 Å². The predicted octanol–water partition coefficient (Wildman–Crippen LogP) is 4.70. The molecular weight excluding hydrogens is 554 g/mol. The first kappa shape index (κ1) is 28.2. The Morgan fingerprint density at radius 1 is 1.30 bits per heavy atom. The van der Waals surface area contributed by atoms with Crippen molar-refractivity contribution in [3.63, 3.8) is 0 Å². The van der Waals surface area contributed by atoms with Crippen LogP contribution in [0.2, 0.25) is 0 Å². The minimum atomic E-state index is -1.23. The molecule has 1 fully saturated rings. The Hall–Kier alpha value is -3.35. The molecule has 2 aliphatic heterocycles. The Morgan fingerprint density at radius 2 is 2.05 bits per heavy atom. The number of fused-ring (bicyclic) bond motifs is 2. The monoisotopic (exact) mass is 585 g/mol. The third kappa shape index (κ3) is 4.57. The standard InChI is InChI=1S/C28H31N3O7S2/c1-5-8-16-9-6-7-10-17(16)38-27(36)37-12-11-28(3)20(18-13-30-14-29-23(39-4)25(30)40-18)21(26(34)35)31-22(28)19(15(2)32)24(31)33/h6-7,9-10,13-15,19,22,32H,5,8,11-12H2,1-4H3,(H,34,35)/t15?,19-,22-,28+/m1/s1. The number of aromatic nitrogens is 2. The molecular formula is C28H31N3O7S2. The zero-order valence-electron chi connectivity index (χ0n) is 22.6. The van der Waals surface area contributed by atoms with Crippen molar-refractivity contribution in [2.75, 3.05) is 12.9 Å². The summed E-state index contributed by atoms with van der Waals surface area (Å²) < 4.78 is 12.8. The van der Waals surface area contributed by atoms with Gasteiger partial charge in [0.2, 0.25) is 5.91 Å². The summed E-state index contributed by atoms with van der Waals surface area (Å²) in [6, 6.07) is 6.67. The van der Waals surface area contributed by atoms with Gasteiger partial charge < -0.3 is 24.6 Å². The lowest BCUT2D eigenvalue weighted by Crippen LogP contribution is -2.66. The summed E-state index contributed by atoms with van der Waals surface area (Å²) in [4.78, 5) is 45.5. The number of benzene rings is 1. The number of imidazole rings is 1. The molecule has 212 valence electrons. The quantitative estimate of drug-likeness (QED) is 0.150. The van der Waals surface area contributed by atoms with E-state index in [1.807, 2.05) is 42.8 Å². The molecule has 2 N–H and O–H groups in total. The highest BCUT2D eigenvalue weighted by atomic mass is 32.2. The van der Waals surface area contributed by atoms with Gasteiger partial charge in [-0.25, -0.2) is 14.6 Å². The zero-order valence-corrected chi connectivity index (χ0v) is 24.3. The first-order valence-corrected chi connectivity index (χ1v) is 15.1. The van der Waals surface area contributed by atoms with E-state index in [0.717, 1.165) is 28.3 Å². The van der Waals surface area contributed by atoms with Crippen LogP contribution in [0.1, 0.15) is 44.1 Å². The lowest BCUT2D eigenvalue weighted by atomic mass is 9.66. The number of hydrogen-bond acceptors (Lipinski definition) is 9. The summed E-state index contributed by atoms with van der Waals surface area (Å²) in [5.74, 6) is -2.00. The van der Waals surface area contributed by atoms with Gasteiger partial charge in [-0.3, -0.25) is 9.20 Å². The summed E-state index contributed by atoms with van der Waals surface area (Å²) in [5.41, 5.74) is 0.346. The van der Waals surface area contributed by atoms with E-state index in [-0.39, 0.29) is 18.7 Å². The van der Waals surface area contributed by atoms with Crippen LogP contribution in [0.15, 0.2) is 47.5 Å². The molecule has 1 aromatic carbocycles. The summed E-state index contributed by atoms with van der Waals surface area (Å²) in [6.07, 6.45) is 5.42. The van der Waals surface area contributed by atoms with Crippen LogP contribution < -0.4 is 4.74 Å². The molecule has 12 heteroatoms. The molecule has 5 rings (SSSR count). The second kappa shape index (κ2) is 10.9. The molecule has 1 saturated heterocycles. The van der Waals surface area contributed by atoms with Crippen molar-refractivity contribution in [1.82, 2.24) is 14.3 Å². The largest absolute Gasteiger partial charge is 0.513 e. The van der Waals surface area contributed by atoms with Crippen molar-refractivity contribution in [2.24, 2.45) is 11.3 Å². The van der Waals surface area contributed by atoms with E-state index in [1.54, 1.807) is 18.5 Å². The van der Waals surface area contributed by atoms with Gasteiger partial charge in [-0.1, -0.05) is 38.5 Å². The number of thioether (sulfide) groups is 1. The molecule has 3 aromatic rings. The van der Waals surface area contributed by atoms with Crippen molar-refractivity contribution >= 4 is 51.5 Å². The van der Waals surface area contributed by atoms with Crippen LogP contribution in [0, 0.1) is 11.3 Å². The van der Waals surface area contributed by atoms with Gasteiger partial charge in [0.15, 0.2) is 0 Å². The zero-order chi connectivity index (χ0) is 28.8. The highest BCUT2D eigenvalue weighted by Gasteiger charge is 2.66. The minimum absolute atomic E-state index is 0.0748. The molecule has 4 atom stereocenters. The first-order valence-electron chi connectivity index (χ1n) is 13.0. The average Bonchev–Trinajstić information content (AvgIpc) is 3.53. The molecule has 0 bridgehead atoms. The molecule has 0 radical (unpaired) electrons. The number of carboxylic acid groups (broad SMARTS) is 1. The van der Waals surface area contributed by atoms with Gasteiger partial charge >= 0.3 is 12.1 Å². The van der Waals surface area contributed by atoms with Crippen molar-refractivity contribution < 1.29 is 34.1 Å². The van der Waals surface area contributed by atoms with Crippen LogP contribution in [0.25, 0.3) is 10.4 Å². The second-order valence-corrected chi connectivity index (χ2v) is 12.1. The van der Waals surface area contributed by atoms with E-state index in [1.165, 1.54) is 34.9 Å². The minimum Gasteiger partial charge on any atom is -0.477 e. The molecule has 2 aliphatic rings. The summed E-state index contributed by atoms with van der Waals surface area (Å²) in [5, 5.41) is 21.6. The molecule has 10 nitrogen and oxygen atoms in total. The van der Waals surface area contributed by atoms with E-state index in [0.29, 0.717) is 16.2 Å². The molecule has 1 unspecified atom stereocenters. The van der Waals surface area contributed by atoms with E-state index >= 15 is 0 Å². The van der Waals surface area contributed by atoms with Crippen molar-refractivity contribution in [1.29, 1.82) is 0 Å². The second-order valence-electron chi connectivity index (χ2n) is 10.2. The lowest BCUT2D eigenvalue weighted by molar-refractivity contribution is -0.167. The number of β-lactam (4-membered cyclic amide) rings is 1. The van der Waals surface area contributed by atoms with E-state index in [9.17, 15) is 24.6 Å². The van der Waals surface area contributed by atoms with Gasteiger partial charge in [-0.15, -0.1) is 23.1 Å². The molecule has 0 saturated carbocycles. The van der Waals surface area contributed by atoms with Crippen LogP contribution in [0.3, 0.4) is 0 Å². The highest BCUT2D eigenvalue weighted by molar-refractivity contribution is 7.98. The maximum absolute atomic E-state index is 13.1. The molecule has 0 spiro atoms. The fraction of sp³-hybridized carbons (Fsp3) is 0.429. The maximum Gasteiger partial charge on any atom is 0.513 e. The number of aliphatic hydroxyl groups is 1. The van der Waals surface area contributed by atoms with Gasteiger partial charge in [-0.2, -0.15) is 0 Å². The molecule has 40 heavy (non-hydrogen) atoms. The van der Waals surface area contributed by atoms with Gasteiger partial charge in [0.1, 0.15) is 27.6 Å². The number of nitrogens with zero attached hydrogens (tertiary/aromatic N) is 3. The molecule has 0 aliphatic carbocycles. The third-order valence-corrected chi connectivity index (χ3v) is 9.65. The number of rotatable bonds is 10. The summed E-state index contributed by atoms with van der Waals surface area (Å²) in [7, 11) is 0. The van der Waals surface area contributed by atoms with Crippen LogP contribution in [0.5, 0.6) is 5.75 Å². The van der Waals surface area contributed by atoms with Crippen LogP contribution >= 0.6 is 23.1 Å². The first-order chi connectivity index (χ1) is 19.1.